The van der Waals surface area contributed by atoms with Crippen LogP contribution in [0.5, 0.6) is 0 Å². The standard InChI is InChI=1S/C11H21NO4/c1-4-16-10(15)6-5-9(14)12-7-11(2,3)8-13/h13H,4-8H2,1-3H3,(H,12,14). The average Bonchev–Trinajstić information content (AvgIpc) is 2.24. The van der Waals surface area contributed by atoms with Gasteiger partial charge in [0.05, 0.1) is 13.0 Å². The summed E-state index contributed by atoms with van der Waals surface area (Å²) in [6.45, 7) is 6.15. The third kappa shape index (κ3) is 7.23. The molecular formula is C11H21NO4. The van der Waals surface area contributed by atoms with Crippen molar-refractivity contribution in [3.8, 4) is 0 Å². The summed E-state index contributed by atoms with van der Waals surface area (Å²) in [6.07, 6.45) is 0.222. The number of esters is 1. The fourth-order valence-electron chi connectivity index (χ4n) is 0.931. The molecule has 0 aromatic carbocycles. The minimum Gasteiger partial charge on any atom is -0.466 e. The van der Waals surface area contributed by atoms with Crippen molar-refractivity contribution in [2.24, 2.45) is 5.41 Å². The molecule has 1 amide bonds. The first kappa shape index (κ1) is 14.9. The van der Waals surface area contributed by atoms with Gasteiger partial charge in [-0.1, -0.05) is 13.8 Å². The molecule has 0 aromatic rings. The van der Waals surface area contributed by atoms with Crippen LogP contribution in [-0.2, 0) is 14.3 Å². The maximum Gasteiger partial charge on any atom is 0.306 e. The van der Waals surface area contributed by atoms with Crippen LogP contribution in [0.4, 0.5) is 0 Å². The number of carbonyl (C=O) groups excluding carboxylic acids is 2. The number of ether oxygens (including phenoxy) is 1. The minimum absolute atomic E-state index is 0.00512. The van der Waals surface area contributed by atoms with Gasteiger partial charge < -0.3 is 15.2 Å². The second-order valence-corrected chi connectivity index (χ2v) is 4.40. The lowest BCUT2D eigenvalue weighted by molar-refractivity contribution is -0.144. The number of hydrogen-bond donors (Lipinski definition) is 2. The lowest BCUT2D eigenvalue weighted by Gasteiger charge is -2.21. The Bertz CT molecular complexity index is 238. The molecule has 0 aromatic heterocycles. The third-order valence-corrected chi connectivity index (χ3v) is 2.05. The number of nitrogens with one attached hydrogen (secondary N) is 1. The van der Waals surface area contributed by atoms with Gasteiger partial charge in [-0.2, -0.15) is 0 Å². The summed E-state index contributed by atoms with van der Waals surface area (Å²) in [5.74, 6) is -0.561. The highest BCUT2D eigenvalue weighted by Crippen LogP contribution is 2.11. The van der Waals surface area contributed by atoms with E-state index in [-0.39, 0.29) is 36.7 Å². The molecule has 0 radical (unpaired) electrons. The van der Waals surface area contributed by atoms with Crippen LogP contribution in [0.1, 0.15) is 33.6 Å². The summed E-state index contributed by atoms with van der Waals surface area (Å²) in [6, 6.07) is 0. The second-order valence-electron chi connectivity index (χ2n) is 4.40. The molecule has 0 unspecified atom stereocenters. The van der Waals surface area contributed by atoms with Gasteiger partial charge in [0.1, 0.15) is 0 Å². The SMILES string of the molecule is CCOC(=O)CCC(=O)NCC(C)(C)CO. The Morgan fingerprint density at radius 1 is 1.31 bits per heavy atom. The molecule has 16 heavy (non-hydrogen) atoms. The van der Waals surface area contributed by atoms with E-state index in [1.165, 1.54) is 0 Å². The number of aliphatic hydroxyl groups is 1. The Balaban J connectivity index is 3.71. The van der Waals surface area contributed by atoms with Crippen molar-refractivity contribution in [3.05, 3.63) is 0 Å². The molecule has 0 saturated carbocycles. The highest BCUT2D eigenvalue weighted by Gasteiger charge is 2.17. The van der Waals surface area contributed by atoms with Crippen molar-refractivity contribution in [1.82, 2.24) is 5.32 Å². The van der Waals surface area contributed by atoms with Gasteiger partial charge >= 0.3 is 5.97 Å². The number of amides is 1. The van der Waals surface area contributed by atoms with Crippen LogP contribution in [0, 0.1) is 5.41 Å². The van der Waals surface area contributed by atoms with Gasteiger partial charge in [-0.05, 0) is 6.92 Å². The van der Waals surface area contributed by atoms with Crippen LogP contribution in [0.2, 0.25) is 0 Å². The van der Waals surface area contributed by atoms with E-state index in [0.717, 1.165) is 0 Å². The van der Waals surface area contributed by atoms with Crippen LogP contribution >= 0.6 is 0 Å². The Morgan fingerprint density at radius 3 is 2.44 bits per heavy atom. The zero-order chi connectivity index (χ0) is 12.6. The zero-order valence-electron chi connectivity index (χ0n) is 10.2. The molecule has 0 aliphatic rings. The zero-order valence-corrected chi connectivity index (χ0v) is 10.2. The van der Waals surface area contributed by atoms with E-state index in [2.05, 4.69) is 5.32 Å². The van der Waals surface area contributed by atoms with E-state index in [4.69, 9.17) is 9.84 Å². The van der Waals surface area contributed by atoms with Gasteiger partial charge in [-0.25, -0.2) is 0 Å². The van der Waals surface area contributed by atoms with Crippen molar-refractivity contribution in [3.63, 3.8) is 0 Å². The predicted octanol–water partition coefficient (Wildman–Crippen LogP) is 0.464. The van der Waals surface area contributed by atoms with Gasteiger partial charge in [-0.15, -0.1) is 0 Å². The summed E-state index contributed by atoms with van der Waals surface area (Å²) in [4.78, 5) is 22.3. The molecule has 0 fully saturated rings. The first-order chi connectivity index (χ1) is 7.41. The van der Waals surface area contributed by atoms with Crippen molar-refractivity contribution < 1.29 is 19.4 Å². The molecule has 0 aliphatic carbocycles. The van der Waals surface area contributed by atoms with Gasteiger partial charge in [0, 0.05) is 25.0 Å². The van der Waals surface area contributed by atoms with Crippen LogP contribution in [-0.4, -0.2) is 36.7 Å². The fourth-order valence-corrected chi connectivity index (χ4v) is 0.931. The van der Waals surface area contributed by atoms with E-state index in [1.54, 1.807) is 6.92 Å². The predicted molar refractivity (Wildman–Crippen MR) is 59.7 cm³/mol. The van der Waals surface area contributed by atoms with Crippen molar-refractivity contribution in [1.29, 1.82) is 0 Å². The lowest BCUT2D eigenvalue weighted by Crippen LogP contribution is -2.36. The van der Waals surface area contributed by atoms with Gasteiger partial charge in [0.15, 0.2) is 0 Å². The van der Waals surface area contributed by atoms with Crippen LogP contribution in [0.15, 0.2) is 0 Å². The number of rotatable bonds is 7. The second kappa shape index (κ2) is 7.22. The summed E-state index contributed by atoms with van der Waals surface area (Å²) in [7, 11) is 0. The Hall–Kier alpha value is -1.10. The monoisotopic (exact) mass is 231 g/mol. The molecule has 0 aliphatic heterocycles. The summed E-state index contributed by atoms with van der Waals surface area (Å²) >= 11 is 0. The Morgan fingerprint density at radius 2 is 1.94 bits per heavy atom. The molecule has 2 N–H and O–H groups in total. The largest absolute Gasteiger partial charge is 0.466 e. The molecule has 5 heteroatoms. The molecule has 0 heterocycles. The quantitative estimate of drug-likeness (QED) is 0.624. The van der Waals surface area contributed by atoms with Gasteiger partial charge in [-0.3, -0.25) is 9.59 Å². The molecule has 0 spiro atoms. The summed E-state index contributed by atoms with van der Waals surface area (Å²) in [5.41, 5.74) is -0.334. The molecule has 94 valence electrons. The highest BCUT2D eigenvalue weighted by molar-refractivity contribution is 5.81. The number of aliphatic hydroxyl groups excluding tert-OH is 1. The Labute approximate surface area is 96.2 Å². The maximum absolute atomic E-state index is 11.3. The number of hydrogen-bond acceptors (Lipinski definition) is 4. The van der Waals surface area contributed by atoms with Crippen molar-refractivity contribution >= 4 is 11.9 Å². The number of carbonyl (C=O) groups is 2. The smallest absolute Gasteiger partial charge is 0.306 e. The summed E-state index contributed by atoms with van der Waals surface area (Å²) in [5, 5.41) is 11.6. The first-order valence-corrected chi connectivity index (χ1v) is 5.44. The molecule has 0 saturated heterocycles. The molecule has 0 rings (SSSR count). The van der Waals surface area contributed by atoms with Gasteiger partial charge in [0.2, 0.25) is 5.91 Å². The molecule has 0 atom stereocenters. The highest BCUT2D eigenvalue weighted by atomic mass is 16.5. The maximum atomic E-state index is 11.3. The van der Waals surface area contributed by atoms with Crippen molar-refractivity contribution in [2.75, 3.05) is 19.8 Å². The molecule has 0 bridgehead atoms. The molecular weight excluding hydrogens is 210 g/mol. The van der Waals surface area contributed by atoms with E-state index in [9.17, 15) is 9.59 Å². The lowest BCUT2D eigenvalue weighted by atomic mass is 9.95. The van der Waals surface area contributed by atoms with Gasteiger partial charge in [0.25, 0.3) is 0 Å². The first-order valence-electron chi connectivity index (χ1n) is 5.44. The van der Waals surface area contributed by atoms with Crippen molar-refractivity contribution in [2.45, 2.75) is 33.6 Å². The van der Waals surface area contributed by atoms with Crippen LogP contribution in [0.3, 0.4) is 0 Å². The van der Waals surface area contributed by atoms with Crippen LogP contribution < -0.4 is 5.32 Å². The topological polar surface area (TPSA) is 75.6 Å². The average molecular weight is 231 g/mol. The molecule has 5 nitrogen and oxygen atoms in total. The minimum atomic E-state index is -0.362. The fraction of sp³-hybridized carbons (Fsp3) is 0.818. The Kier molecular flexibility index (Phi) is 6.72. The van der Waals surface area contributed by atoms with E-state index < -0.39 is 0 Å². The van der Waals surface area contributed by atoms with E-state index in [1.807, 2.05) is 13.8 Å². The van der Waals surface area contributed by atoms with E-state index >= 15 is 0 Å². The summed E-state index contributed by atoms with van der Waals surface area (Å²) < 4.78 is 4.70. The van der Waals surface area contributed by atoms with E-state index in [0.29, 0.717) is 13.2 Å². The van der Waals surface area contributed by atoms with Crippen LogP contribution in [0.25, 0.3) is 0 Å². The third-order valence-electron chi connectivity index (χ3n) is 2.05. The normalized spacial score (nSPS) is 11.0.